The van der Waals surface area contributed by atoms with Crippen LogP contribution in [0.4, 0.5) is 0 Å². The molecule has 0 saturated carbocycles. The Morgan fingerprint density at radius 3 is 2.73 bits per heavy atom. The van der Waals surface area contributed by atoms with Crippen LogP contribution in [0.15, 0.2) is 34.8 Å². The topological polar surface area (TPSA) is 29.1 Å². The summed E-state index contributed by atoms with van der Waals surface area (Å²) in [6.45, 7) is 6.04. The summed E-state index contributed by atoms with van der Waals surface area (Å²) >= 11 is 9.11. The number of amides is 1. The van der Waals surface area contributed by atoms with Crippen LogP contribution in [0, 0.1) is 0 Å². The summed E-state index contributed by atoms with van der Waals surface area (Å²) in [5.41, 5.74) is 1.44. The molecule has 1 aromatic carbocycles. The maximum Gasteiger partial charge on any atom is 0.251 e. The van der Waals surface area contributed by atoms with Crippen molar-refractivity contribution in [1.29, 1.82) is 0 Å². The second-order valence-electron chi connectivity index (χ2n) is 3.30. The van der Waals surface area contributed by atoms with Crippen LogP contribution in [-0.2, 0) is 0 Å². The summed E-state index contributed by atoms with van der Waals surface area (Å²) in [4.78, 5) is 11.6. The molecule has 0 atom stereocenters. The highest BCUT2D eigenvalue weighted by Gasteiger charge is 2.06. The van der Waals surface area contributed by atoms with Crippen LogP contribution >= 0.6 is 27.5 Å². The number of hydrogen-bond acceptors (Lipinski definition) is 1. The Balaban J connectivity index is 2.77. The second-order valence-corrected chi connectivity index (χ2v) is 4.65. The molecule has 1 rings (SSSR count). The molecular formula is C11H11BrClNO. The number of rotatable bonds is 3. The Hall–Kier alpha value is -0.800. The van der Waals surface area contributed by atoms with E-state index >= 15 is 0 Å². The molecule has 4 heteroatoms. The lowest BCUT2D eigenvalue weighted by molar-refractivity contribution is 0.0957. The highest BCUT2D eigenvalue weighted by Crippen LogP contribution is 2.19. The summed E-state index contributed by atoms with van der Waals surface area (Å²) in [7, 11) is 0. The van der Waals surface area contributed by atoms with E-state index in [0.717, 1.165) is 10.0 Å². The number of carbonyl (C=O) groups is 1. The van der Waals surface area contributed by atoms with E-state index in [0.29, 0.717) is 17.1 Å². The minimum atomic E-state index is -0.152. The van der Waals surface area contributed by atoms with E-state index in [9.17, 15) is 4.79 Å². The monoisotopic (exact) mass is 287 g/mol. The molecule has 0 radical (unpaired) electrons. The third-order valence-electron chi connectivity index (χ3n) is 1.68. The minimum Gasteiger partial charge on any atom is -0.348 e. The molecule has 0 bridgehead atoms. The van der Waals surface area contributed by atoms with Crippen LogP contribution in [0.2, 0.25) is 5.02 Å². The van der Waals surface area contributed by atoms with Crippen molar-refractivity contribution >= 4 is 33.4 Å². The van der Waals surface area contributed by atoms with Crippen LogP contribution < -0.4 is 5.32 Å². The number of nitrogens with one attached hydrogen (secondary N) is 1. The number of hydrogen-bond donors (Lipinski definition) is 1. The third kappa shape index (κ3) is 4.06. The highest BCUT2D eigenvalue weighted by atomic mass is 79.9. The molecule has 0 heterocycles. The average Bonchev–Trinajstić information content (AvgIpc) is 2.12. The largest absolute Gasteiger partial charge is 0.348 e. The number of benzene rings is 1. The molecule has 0 saturated heterocycles. The molecule has 1 N–H and O–H groups in total. The van der Waals surface area contributed by atoms with Crippen molar-refractivity contribution in [3.8, 4) is 0 Å². The SMILES string of the molecule is C=C(C)CNC(=O)c1cc(Cl)cc(Br)c1. The zero-order chi connectivity index (χ0) is 11.4. The van der Waals surface area contributed by atoms with E-state index in [2.05, 4.69) is 27.8 Å². The van der Waals surface area contributed by atoms with Crippen molar-refractivity contribution in [2.24, 2.45) is 0 Å². The molecule has 0 aliphatic rings. The van der Waals surface area contributed by atoms with Gasteiger partial charge in [-0.25, -0.2) is 0 Å². The normalized spacial score (nSPS) is 9.80. The van der Waals surface area contributed by atoms with Gasteiger partial charge in [-0.15, -0.1) is 0 Å². The highest BCUT2D eigenvalue weighted by molar-refractivity contribution is 9.10. The van der Waals surface area contributed by atoms with Gasteiger partial charge in [-0.05, 0) is 25.1 Å². The van der Waals surface area contributed by atoms with Gasteiger partial charge in [0.25, 0.3) is 5.91 Å². The minimum absolute atomic E-state index is 0.152. The van der Waals surface area contributed by atoms with Crippen LogP contribution in [0.25, 0.3) is 0 Å². The number of carbonyl (C=O) groups excluding carboxylic acids is 1. The van der Waals surface area contributed by atoms with Crippen molar-refractivity contribution in [2.45, 2.75) is 6.92 Å². The zero-order valence-corrected chi connectivity index (χ0v) is 10.7. The smallest absolute Gasteiger partial charge is 0.251 e. The van der Waals surface area contributed by atoms with E-state index < -0.39 is 0 Å². The van der Waals surface area contributed by atoms with Crippen molar-refractivity contribution in [1.82, 2.24) is 5.32 Å². The first kappa shape index (κ1) is 12.3. The van der Waals surface area contributed by atoms with Gasteiger partial charge < -0.3 is 5.32 Å². The molecular weight excluding hydrogens is 277 g/mol. The fourth-order valence-electron chi connectivity index (χ4n) is 1.02. The molecule has 0 aromatic heterocycles. The van der Waals surface area contributed by atoms with Gasteiger partial charge in [0, 0.05) is 21.6 Å². The van der Waals surface area contributed by atoms with Crippen LogP contribution in [0.3, 0.4) is 0 Å². The van der Waals surface area contributed by atoms with Crippen LogP contribution in [-0.4, -0.2) is 12.5 Å². The molecule has 2 nitrogen and oxygen atoms in total. The Morgan fingerprint density at radius 2 is 2.20 bits per heavy atom. The molecule has 0 spiro atoms. The lowest BCUT2D eigenvalue weighted by atomic mass is 10.2. The van der Waals surface area contributed by atoms with Gasteiger partial charge in [-0.1, -0.05) is 39.7 Å². The fraction of sp³-hybridized carbons (Fsp3) is 0.182. The summed E-state index contributed by atoms with van der Waals surface area (Å²) in [5, 5.41) is 3.27. The maximum atomic E-state index is 11.6. The van der Waals surface area contributed by atoms with E-state index in [1.54, 1.807) is 18.2 Å². The lowest BCUT2D eigenvalue weighted by Crippen LogP contribution is -2.24. The Morgan fingerprint density at radius 1 is 1.53 bits per heavy atom. The molecule has 0 fully saturated rings. The zero-order valence-electron chi connectivity index (χ0n) is 8.31. The second kappa shape index (κ2) is 5.33. The van der Waals surface area contributed by atoms with Gasteiger partial charge in [0.05, 0.1) is 0 Å². The first-order chi connectivity index (χ1) is 6.99. The van der Waals surface area contributed by atoms with Gasteiger partial charge in [0.2, 0.25) is 0 Å². The van der Waals surface area contributed by atoms with E-state index in [4.69, 9.17) is 11.6 Å². The van der Waals surface area contributed by atoms with Crippen molar-refractivity contribution < 1.29 is 4.79 Å². The molecule has 0 aliphatic heterocycles. The summed E-state index contributed by atoms with van der Waals surface area (Å²) in [5.74, 6) is -0.152. The average molecular weight is 289 g/mol. The molecule has 80 valence electrons. The van der Waals surface area contributed by atoms with Crippen LogP contribution in [0.1, 0.15) is 17.3 Å². The fourth-order valence-corrected chi connectivity index (χ4v) is 1.88. The van der Waals surface area contributed by atoms with Gasteiger partial charge in [-0.2, -0.15) is 0 Å². The molecule has 1 amide bonds. The molecule has 0 unspecified atom stereocenters. The Kier molecular flexibility index (Phi) is 4.36. The van der Waals surface area contributed by atoms with E-state index in [-0.39, 0.29) is 5.91 Å². The summed E-state index contributed by atoms with van der Waals surface area (Å²) in [6.07, 6.45) is 0. The quantitative estimate of drug-likeness (QED) is 0.849. The standard InChI is InChI=1S/C11H11BrClNO/c1-7(2)6-14-11(15)8-3-9(12)5-10(13)4-8/h3-5H,1,6H2,2H3,(H,14,15). The van der Waals surface area contributed by atoms with Gasteiger partial charge >= 0.3 is 0 Å². The van der Waals surface area contributed by atoms with E-state index in [1.165, 1.54) is 0 Å². The van der Waals surface area contributed by atoms with Gasteiger partial charge in [0.15, 0.2) is 0 Å². The van der Waals surface area contributed by atoms with E-state index in [1.807, 2.05) is 6.92 Å². The lowest BCUT2D eigenvalue weighted by Gasteiger charge is -2.05. The molecule has 1 aromatic rings. The molecule has 15 heavy (non-hydrogen) atoms. The summed E-state index contributed by atoms with van der Waals surface area (Å²) in [6, 6.07) is 5.08. The van der Waals surface area contributed by atoms with Crippen molar-refractivity contribution in [3.05, 3.63) is 45.4 Å². The van der Waals surface area contributed by atoms with Crippen LogP contribution in [0.5, 0.6) is 0 Å². The Bertz CT molecular complexity index is 383. The first-order valence-corrected chi connectivity index (χ1v) is 5.55. The maximum absolute atomic E-state index is 11.6. The Labute approximate surface area is 102 Å². The van der Waals surface area contributed by atoms with Gasteiger partial charge in [0.1, 0.15) is 0 Å². The molecule has 0 aliphatic carbocycles. The van der Waals surface area contributed by atoms with Crippen molar-refractivity contribution in [2.75, 3.05) is 6.54 Å². The predicted octanol–water partition coefficient (Wildman–Crippen LogP) is 3.41. The number of halogens is 2. The van der Waals surface area contributed by atoms with Crippen molar-refractivity contribution in [3.63, 3.8) is 0 Å². The summed E-state index contributed by atoms with van der Waals surface area (Å²) < 4.78 is 0.787. The van der Waals surface area contributed by atoms with Gasteiger partial charge in [-0.3, -0.25) is 4.79 Å². The first-order valence-electron chi connectivity index (χ1n) is 4.37. The predicted molar refractivity (Wildman–Crippen MR) is 66.3 cm³/mol. The third-order valence-corrected chi connectivity index (χ3v) is 2.35.